The van der Waals surface area contributed by atoms with Crippen LogP contribution in [0.4, 0.5) is 20.7 Å². The van der Waals surface area contributed by atoms with Crippen molar-refractivity contribution in [2.75, 3.05) is 24.1 Å². The summed E-state index contributed by atoms with van der Waals surface area (Å²) in [5.74, 6) is -2.24. The monoisotopic (exact) mass is 466 g/mol. The number of carboxylic acid groups (broad SMARTS) is 1. The second kappa shape index (κ2) is 14.5. The number of nitrogens with zero attached hydrogens (tertiary/aromatic N) is 2. The van der Waals surface area contributed by atoms with E-state index < -0.39 is 37.1 Å². The van der Waals surface area contributed by atoms with Gasteiger partial charge in [-0.15, -0.1) is 0 Å². The van der Waals surface area contributed by atoms with E-state index in [1.54, 1.807) is 0 Å². The summed E-state index contributed by atoms with van der Waals surface area (Å²) < 4.78 is 26.3. The van der Waals surface area contributed by atoms with Gasteiger partial charge in [0.15, 0.2) is 0 Å². The van der Waals surface area contributed by atoms with Gasteiger partial charge in [-0.1, -0.05) is 0 Å². The van der Waals surface area contributed by atoms with Gasteiger partial charge in [0.25, 0.3) is 17.9 Å². The standard InChI is InChI=1S/C11H15FN4O2.C6H10BO6.Na/c12-7-5-9(10(13)14-6-7)15-8-1-3-16(4-2-8)11(17)18;1-4(8)11-7(12-5(2)9)13-6(3)10;/h5-6,8,15H,1-4H2,(H2,13,14)(H,17,18);7H,1-3H3;/q;-1;+1. The fraction of sp³-hybridized carbons (Fsp3) is 0.471. The van der Waals surface area contributed by atoms with Crippen LogP contribution in [0.5, 0.6) is 0 Å². The minimum absolute atomic E-state index is 0. The normalized spacial score (nSPS) is 13.1. The Labute approximate surface area is 206 Å². The van der Waals surface area contributed by atoms with Crippen molar-refractivity contribution in [1.82, 2.24) is 9.88 Å². The minimum atomic E-state index is -2.41. The maximum atomic E-state index is 13.0. The molecule has 1 aromatic heterocycles. The Bertz CT molecular complexity index is 773. The van der Waals surface area contributed by atoms with E-state index in [0.29, 0.717) is 31.6 Å². The molecular formula is C17H25BFN4NaO8. The second-order valence-electron chi connectivity index (χ2n) is 6.54. The van der Waals surface area contributed by atoms with Crippen LogP contribution in [0.3, 0.4) is 0 Å². The van der Waals surface area contributed by atoms with Crippen LogP contribution < -0.4 is 40.6 Å². The number of hydrogen-bond acceptors (Lipinski definition) is 10. The summed E-state index contributed by atoms with van der Waals surface area (Å²) in [5, 5.41) is 11.9. The molecule has 32 heavy (non-hydrogen) atoms. The average molecular weight is 466 g/mol. The second-order valence-corrected chi connectivity index (χ2v) is 6.54. The summed E-state index contributed by atoms with van der Waals surface area (Å²) in [7, 11) is -2.41. The SMILES string of the molecule is CC(=O)O[BH-](OC(C)=O)OC(C)=O.Nc1ncc(F)cc1NC1CCN(C(=O)O)CC1.[Na+]. The number of piperidine rings is 1. The number of rotatable bonds is 5. The average Bonchev–Trinajstić information content (AvgIpc) is 2.64. The first kappa shape index (κ1) is 29.4. The van der Waals surface area contributed by atoms with E-state index >= 15 is 0 Å². The van der Waals surface area contributed by atoms with Crippen LogP contribution in [0.2, 0.25) is 0 Å². The molecule has 15 heteroatoms. The number of nitrogens with one attached hydrogen (secondary N) is 1. The minimum Gasteiger partial charge on any atom is -0.625 e. The van der Waals surface area contributed by atoms with E-state index in [4.69, 9.17) is 10.8 Å². The maximum Gasteiger partial charge on any atom is 1.00 e. The van der Waals surface area contributed by atoms with Gasteiger partial charge in [0.05, 0.1) is 11.9 Å². The summed E-state index contributed by atoms with van der Waals surface area (Å²) in [6.45, 7) is 4.29. The zero-order valence-electron chi connectivity index (χ0n) is 18.4. The molecule has 0 atom stereocenters. The molecule has 4 N–H and O–H groups in total. The van der Waals surface area contributed by atoms with Gasteiger partial charge in [-0.2, -0.15) is 0 Å². The van der Waals surface area contributed by atoms with Gasteiger partial charge in [0.1, 0.15) is 11.6 Å². The third kappa shape index (κ3) is 11.7. The van der Waals surface area contributed by atoms with Gasteiger partial charge in [-0.05, 0) is 12.8 Å². The molecule has 0 aliphatic carbocycles. The van der Waals surface area contributed by atoms with Gasteiger partial charge >= 0.3 is 43.0 Å². The van der Waals surface area contributed by atoms with Crippen LogP contribution in [0.25, 0.3) is 0 Å². The number of aromatic nitrogens is 1. The molecular weight excluding hydrogens is 441 g/mol. The number of pyridine rings is 1. The number of nitrogen functional groups attached to an aromatic ring is 1. The number of carbonyl (C=O) groups excluding carboxylic acids is 3. The first-order valence-electron chi connectivity index (χ1n) is 9.31. The molecule has 0 bridgehead atoms. The number of halogens is 1. The molecule has 1 amide bonds. The smallest absolute Gasteiger partial charge is 0.625 e. The van der Waals surface area contributed by atoms with Crippen molar-refractivity contribution in [1.29, 1.82) is 0 Å². The molecule has 1 aliphatic heterocycles. The molecule has 1 aliphatic rings. The number of carbonyl (C=O) groups is 4. The molecule has 1 fully saturated rings. The van der Waals surface area contributed by atoms with Crippen LogP contribution in [-0.4, -0.2) is 65.4 Å². The summed E-state index contributed by atoms with van der Waals surface area (Å²) in [5.41, 5.74) is 6.10. The topological polar surface area (TPSA) is 170 Å². The molecule has 1 aromatic rings. The maximum absolute atomic E-state index is 13.0. The largest absolute Gasteiger partial charge is 1.00 e. The van der Waals surface area contributed by atoms with Gasteiger partial charge < -0.3 is 35.0 Å². The Hall–Kier alpha value is -2.58. The summed E-state index contributed by atoms with van der Waals surface area (Å²) in [4.78, 5) is 47.1. The van der Waals surface area contributed by atoms with E-state index in [0.717, 1.165) is 27.0 Å². The first-order chi connectivity index (χ1) is 14.5. The zero-order valence-corrected chi connectivity index (χ0v) is 20.4. The van der Waals surface area contributed by atoms with Crippen molar-refractivity contribution in [2.45, 2.75) is 39.7 Å². The predicted molar refractivity (Wildman–Crippen MR) is 107 cm³/mol. The van der Waals surface area contributed by atoms with E-state index in [2.05, 4.69) is 24.3 Å². The molecule has 12 nitrogen and oxygen atoms in total. The fourth-order valence-electron chi connectivity index (χ4n) is 2.59. The Kier molecular flexibility index (Phi) is 13.3. The van der Waals surface area contributed by atoms with Gasteiger partial charge in [0.2, 0.25) is 0 Å². The number of likely N-dealkylation sites (tertiary alicyclic amines) is 1. The summed E-state index contributed by atoms with van der Waals surface area (Å²) in [6.07, 6.45) is 1.50. The van der Waals surface area contributed by atoms with Crippen LogP contribution in [0, 0.1) is 5.82 Å². The number of amides is 1. The van der Waals surface area contributed by atoms with Crippen molar-refractivity contribution >= 4 is 42.8 Å². The molecule has 0 radical (unpaired) electrons. The number of hydrogen-bond donors (Lipinski definition) is 3. The Morgan fingerprint density at radius 3 is 2.00 bits per heavy atom. The van der Waals surface area contributed by atoms with Crippen molar-refractivity contribution in [2.24, 2.45) is 0 Å². The third-order valence-corrected chi connectivity index (χ3v) is 3.97. The van der Waals surface area contributed by atoms with Crippen LogP contribution >= 0.6 is 0 Å². The Balaban J connectivity index is 0.000000617. The van der Waals surface area contributed by atoms with Crippen molar-refractivity contribution < 1.29 is 72.2 Å². The molecule has 0 unspecified atom stereocenters. The van der Waals surface area contributed by atoms with Gasteiger partial charge in [-0.3, -0.25) is 14.4 Å². The van der Waals surface area contributed by atoms with E-state index in [-0.39, 0.29) is 41.4 Å². The van der Waals surface area contributed by atoms with Crippen LogP contribution in [0.15, 0.2) is 12.3 Å². The molecule has 0 saturated carbocycles. The van der Waals surface area contributed by atoms with E-state index in [1.807, 2.05) is 0 Å². The third-order valence-electron chi connectivity index (χ3n) is 3.97. The first-order valence-corrected chi connectivity index (χ1v) is 9.31. The zero-order chi connectivity index (χ0) is 23.6. The number of anilines is 2. The quantitative estimate of drug-likeness (QED) is 0.401. The van der Waals surface area contributed by atoms with Crippen molar-refractivity contribution in [3.63, 3.8) is 0 Å². The molecule has 0 aromatic carbocycles. The van der Waals surface area contributed by atoms with Crippen molar-refractivity contribution in [3.05, 3.63) is 18.1 Å². The fourth-order valence-corrected chi connectivity index (χ4v) is 2.59. The summed E-state index contributed by atoms with van der Waals surface area (Å²) >= 11 is 0. The number of nitrogens with two attached hydrogens (primary N) is 1. The van der Waals surface area contributed by atoms with E-state index in [1.165, 1.54) is 11.0 Å². The molecule has 2 rings (SSSR count). The Morgan fingerprint density at radius 2 is 1.59 bits per heavy atom. The predicted octanol–water partition coefficient (Wildman–Crippen LogP) is -2.25. The molecule has 172 valence electrons. The Morgan fingerprint density at radius 1 is 1.12 bits per heavy atom. The molecule has 1 saturated heterocycles. The van der Waals surface area contributed by atoms with Crippen molar-refractivity contribution in [3.8, 4) is 0 Å². The molecule has 0 spiro atoms. The summed E-state index contributed by atoms with van der Waals surface area (Å²) in [6, 6.07) is 1.39. The van der Waals surface area contributed by atoms with Gasteiger partial charge in [-0.25, -0.2) is 14.2 Å². The molecule has 2 heterocycles. The van der Waals surface area contributed by atoms with Crippen LogP contribution in [0.1, 0.15) is 33.6 Å². The van der Waals surface area contributed by atoms with Crippen LogP contribution in [-0.2, 0) is 28.3 Å². The van der Waals surface area contributed by atoms with Gasteiger partial charge in [0, 0.05) is 46.0 Å². The van der Waals surface area contributed by atoms with E-state index in [9.17, 15) is 23.6 Å².